The fourth-order valence-electron chi connectivity index (χ4n) is 1.14. The second-order valence-corrected chi connectivity index (χ2v) is 2.54. The van der Waals surface area contributed by atoms with Gasteiger partial charge in [0, 0.05) is 0 Å². The molecule has 0 aliphatic carbocycles. The monoisotopic (exact) mass is 158 g/mol. The van der Waals surface area contributed by atoms with Gasteiger partial charge in [-0.15, -0.1) is 10.2 Å². The van der Waals surface area contributed by atoms with E-state index in [1.807, 2.05) is 19.1 Å². The van der Waals surface area contributed by atoms with Crippen molar-refractivity contribution in [1.82, 2.24) is 14.6 Å². The summed E-state index contributed by atoms with van der Waals surface area (Å²) in [6, 6.07) is 5.81. The van der Waals surface area contributed by atoms with Crippen LogP contribution in [-0.2, 0) is 0 Å². The molecule has 2 rings (SSSR count). The van der Waals surface area contributed by atoms with E-state index in [4.69, 9.17) is 5.26 Å². The van der Waals surface area contributed by atoms with Crippen LogP contribution in [0.25, 0.3) is 5.65 Å². The third kappa shape index (κ3) is 0.768. The zero-order valence-electron chi connectivity index (χ0n) is 6.52. The molecule has 0 radical (unpaired) electrons. The number of rotatable bonds is 0. The van der Waals surface area contributed by atoms with Crippen molar-refractivity contribution in [2.75, 3.05) is 0 Å². The molecular weight excluding hydrogens is 152 g/mol. The molecule has 4 heteroatoms. The Balaban J connectivity index is 2.94. The molecule has 2 heterocycles. The zero-order valence-corrected chi connectivity index (χ0v) is 6.52. The largest absolute Gasteiger partial charge is 0.272 e. The van der Waals surface area contributed by atoms with Gasteiger partial charge in [0.15, 0.2) is 5.65 Å². The van der Waals surface area contributed by atoms with Crippen LogP contribution < -0.4 is 0 Å². The molecule has 0 unspecified atom stereocenters. The molecule has 2 aromatic heterocycles. The smallest absolute Gasteiger partial charge is 0.161 e. The van der Waals surface area contributed by atoms with Gasteiger partial charge < -0.3 is 0 Å². The molecule has 0 atom stereocenters. The Hall–Kier alpha value is -1.89. The van der Waals surface area contributed by atoms with E-state index in [2.05, 4.69) is 16.3 Å². The minimum absolute atomic E-state index is 0.595. The molecule has 0 N–H and O–H groups in total. The summed E-state index contributed by atoms with van der Waals surface area (Å²) in [5.41, 5.74) is 2.24. The first-order valence-corrected chi connectivity index (χ1v) is 3.52. The maximum absolute atomic E-state index is 8.81. The summed E-state index contributed by atoms with van der Waals surface area (Å²) in [4.78, 5) is 0. The van der Waals surface area contributed by atoms with Crippen LogP contribution in [0.2, 0.25) is 0 Å². The zero-order chi connectivity index (χ0) is 8.55. The average Bonchev–Trinajstić information content (AvgIpc) is 2.52. The molecule has 0 spiro atoms. The number of aryl methyl sites for hydroxylation is 1. The van der Waals surface area contributed by atoms with Crippen LogP contribution in [0.3, 0.4) is 0 Å². The molecule has 0 aliphatic heterocycles. The van der Waals surface area contributed by atoms with E-state index in [1.54, 1.807) is 10.7 Å². The summed E-state index contributed by atoms with van der Waals surface area (Å²) >= 11 is 0. The molecule has 58 valence electrons. The second kappa shape index (κ2) is 2.31. The lowest BCUT2D eigenvalue weighted by molar-refractivity contribution is 1.08. The Morgan fingerprint density at radius 3 is 3.08 bits per heavy atom. The molecule has 2 aromatic rings. The Bertz CT molecular complexity index is 463. The van der Waals surface area contributed by atoms with E-state index in [1.165, 1.54) is 0 Å². The summed E-state index contributed by atoms with van der Waals surface area (Å²) in [5.74, 6) is 0. The van der Waals surface area contributed by atoms with E-state index in [0.29, 0.717) is 11.3 Å². The SMILES string of the molecule is Cc1ccc2nncn2c1C#N. The predicted octanol–water partition coefficient (Wildman–Crippen LogP) is 0.909. The standard InChI is InChI=1S/C8H6N4/c1-6-2-3-8-11-10-5-12(8)7(6)4-9/h2-3,5H,1H3. The Labute approximate surface area is 69.1 Å². The first-order chi connectivity index (χ1) is 5.83. The Morgan fingerprint density at radius 2 is 2.33 bits per heavy atom. The summed E-state index contributed by atoms with van der Waals surface area (Å²) in [5, 5.41) is 16.4. The molecule has 0 amide bonds. The van der Waals surface area contributed by atoms with E-state index < -0.39 is 0 Å². The van der Waals surface area contributed by atoms with Crippen molar-refractivity contribution in [2.24, 2.45) is 0 Å². The molecule has 0 aromatic carbocycles. The average molecular weight is 158 g/mol. The van der Waals surface area contributed by atoms with Crippen LogP contribution in [0.15, 0.2) is 18.5 Å². The van der Waals surface area contributed by atoms with Crippen molar-refractivity contribution in [3.8, 4) is 6.07 Å². The fraction of sp³-hybridized carbons (Fsp3) is 0.125. The summed E-state index contributed by atoms with van der Waals surface area (Å²) in [6.07, 6.45) is 1.54. The summed E-state index contributed by atoms with van der Waals surface area (Å²) in [6.45, 7) is 1.89. The van der Waals surface area contributed by atoms with Crippen LogP contribution in [-0.4, -0.2) is 14.6 Å². The van der Waals surface area contributed by atoms with Gasteiger partial charge in [-0.05, 0) is 18.6 Å². The summed E-state index contributed by atoms with van der Waals surface area (Å²) < 4.78 is 1.68. The van der Waals surface area contributed by atoms with Crippen molar-refractivity contribution in [1.29, 1.82) is 5.26 Å². The van der Waals surface area contributed by atoms with Crippen molar-refractivity contribution in [3.63, 3.8) is 0 Å². The van der Waals surface area contributed by atoms with Gasteiger partial charge in [-0.2, -0.15) is 5.26 Å². The predicted molar refractivity (Wildman–Crippen MR) is 42.4 cm³/mol. The molecule has 0 saturated heterocycles. The van der Waals surface area contributed by atoms with Crippen molar-refractivity contribution < 1.29 is 0 Å². The quantitative estimate of drug-likeness (QED) is 0.572. The Morgan fingerprint density at radius 1 is 1.50 bits per heavy atom. The van der Waals surface area contributed by atoms with Gasteiger partial charge in [-0.3, -0.25) is 4.40 Å². The van der Waals surface area contributed by atoms with Crippen LogP contribution in [0.4, 0.5) is 0 Å². The number of fused-ring (bicyclic) bond motifs is 1. The van der Waals surface area contributed by atoms with Gasteiger partial charge in [-0.25, -0.2) is 0 Å². The fourth-order valence-corrected chi connectivity index (χ4v) is 1.14. The highest BCUT2D eigenvalue weighted by atomic mass is 15.2. The molecular formula is C8H6N4. The van der Waals surface area contributed by atoms with Crippen molar-refractivity contribution in [3.05, 3.63) is 29.7 Å². The highest BCUT2D eigenvalue weighted by molar-refractivity contribution is 5.45. The lowest BCUT2D eigenvalue weighted by Gasteiger charge is -1.98. The normalized spacial score (nSPS) is 10.0. The van der Waals surface area contributed by atoms with Gasteiger partial charge in [0.1, 0.15) is 18.1 Å². The van der Waals surface area contributed by atoms with E-state index in [0.717, 1.165) is 5.56 Å². The molecule has 0 aliphatic rings. The summed E-state index contributed by atoms with van der Waals surface area (Å²) in [7, 11) is 0. The Kier molecular flexibility index (Phi) is 1.31. The lowest BCUT2D eigenvalue weighted by Crippen LogP contribution is -1.93. The number of nitrogens with zero attached hydrogens (tertiary/aromatic N) is 4. The van der Waals surface area contributed by atoms with Crippen LogP contribution in [0.1, 0.15) is 11.3 Å². The van der Waals surface area contributed by atoms with Gasteiger partial charge in [-0.1, -0.05) is 6.07 Å². The van der Waals surface area contributed by atoms with Crippen LogP contribution >= 0.6 is 0 Å². The minimum Gasteiger partial charge on any atom is -0.272 e. The molecule has 0 bridgehead atoms. The topological polar surface area (TPSA) is 54.0 Å². The number of pyridine rings is 1. The first kappa shape index (κ1) is 6.80. The third-order valence-corrected chi connectivity index (χ3v) is 1.78. The van der Waals surface area contributed by atoms with Gasteiger partial charge in [0.05, 0.1) is 0 Å². The van der Waals surface area contributed by atoms with Gasteiger partial charge >= 0.3 is 0 Å². The number of nitriles is 1. The van der Waals surface area contributed by atoms with Crippen LogP contribution in [0.5, 0.6) is 0 Å². The maximum Gasteiger partial charge on any atom is 0.161 e. The highest BCUT2D eigenvalue weighted by Gasteiger charge is 2.03. The lowest BCUT2D eigenvalue weighted by atomic mass is 10.2. The van der Waals surface area contributed by atoms with Crippen molar-refractivity contribution in [2.45, 2.75) is 6.92 Å². The second-order valence-electron chi connectivity index (χ2n) is 2.54. The highest BCUT2D eigenvalue weighted by Crippen LogP contribution is 2.08. The van der Waals surface area contributed by atoms with Gasteiger partial charge in [0.25, 0.3) is 0 Å². The third-order valence-electron chi connectivity index (χ3n) is 1.78. The molecule has 0 fully saturated rings. The van der Waals surface area contributed by atoms with Crippen LogP contribution in [0, 0.1) is 18.3 Å². The van der Waals surface area contributed by atoms with E-state index >= 15 is 0 Å². The van der Waals surface area contributed by atoms with E-state index in [-0.39, 0.29) is 0 Å². The minimum atomic E-state index is 0.595. The molecule has 0 saturated carbocycles. The number of hydrogen-bond donors (Lipinski definition) is 0. The number of hydrogen-bond acceptors (Lipinski definition) is 3. The maximum atomic E-state index is 8.81. The van der Waals surface area contributed by atoms with Crippen molar-refractivity contribution >= 4 is 5.65 Å². The molecule has 12 heavy (non-hydrogen) atoms. The van der Waals surface area contributed by atoms with Gasteiger partial charge in [0.2, 0.25) is 0 Å². The molecule has 4 nitrogen and oxygen atoms in total. The number of aromatic nitrogens is 3. The first-order valence-electron chi connectivity index (χ1n) is 3.52. The van der Waals surface area contributed by atoms with E-state index in [9.17, 15) is 0 Å².